The van der Waals surface area contributed by atoms with Crippen LogP contribution in [0.5, 0.6) is 0 Å². The predicted molar refractivity (Wildman–Crippen MR) is 119 cm³/mol. The fourth-order valence-corrected chi connectivity index (χ4v) is 4.01. The normalized spacial score (nSPS) is 14.6. The summed E-state index contributed by atoms with van der Waals surface area (Å²) in [5.74, 6) is 0.693. The van der Waals surface area contributed by atoms with Crippen molar-refractivity contribution in [3.63, 3.8) is 0 Å². The van der Waals surface area contributed by atoms with Crippen LogP contribution in [0.1, 0.15) is 40.4 Å². The molecule has 0 bridgehead atoms. The molecule has 1 aliphatic heterocycles. The number of para-hydroxylation sites is 1. The lowest BCUT2D eigenvalue weighted by molar-refractivity contribution is 0.102. The summed E-state index contributed by atoms with van der Waals surface area (Å²) in [6.45, 7) is 5.86. The summed E-state index contributed by atoms with van der Waals surface area (Å²) < 4.78 is 3.38. The number of hydrogen-bond acceptors (Lipinski definition) is 5. The van der Waals surface area contributed by atoms with Gasteiger partial charge in [0.05, 0.1) is 17.6 Å². The van der Waals surface area contributed by atoms with E-state index in [0.717, 1.165) is 42.9 Å². The van der Waals surface area contributed by atoms with Gasteiger partial charge in [-0.2, -0.15) is 10.2 Å². The van der Waals surface area contributed by atoms with Crippen molar-refractivity contribution in [2.75, 3.05) is 18.4 Å². The minimum Gasteiger partial charge on any atom is -0.317 e. The van der Waals surface area contributed by atoms with Gasteiger partial charge in [-0.05, 0) is 43.6 Å². The largest absolute Gasteiger partial charge is 0.317 e. The maximum absolute atomic E-state index is 13.1. The molecule has 1 amide bonds. The van der Waals surface area contributed by atoms with E-state index in [1.165, 1.54) is 6.20 Å². The van der Waals surface area contributed by atoms with E-state index in [2.05, 4.69) is 27.3 Å². The molecule has 0 aliphatic carbocycles. The summed E-state index contributed by atoms with van der Waals surface area (Å²) in [6, 6.07) is 11.6. The smallest absolute Gasteiger partial charge is 0.262 e. The molecule has 8 heteroatoms. The summed E-state index contributed by atoms with van der Waals surface area (Å²) in [5.41, 5.74) is 3.71. The van der Waals surface area contributed by atoms with E-state index in [1.54, 1.807) is 33.7 Å². The van der Waals surface area contributed by atoms with Crippen LogP contribution >= 0.6 is 0 Å². The van der Waals surface area contributed by atoms with Crippen LogP contribution in [0.15, 0.2) is 61.6 Å². The molecule has 1 aromatic carbocycles. The zero-order valence-electron chi connectivity index (χ0n) is 17.0. The molecule has 4 aromatic rings. The zero-order chi connectivity index (χ0) is 21.2. The Bertz CT molecular complexity index is 1250. The van der Waals surface area contributed by atoms with Gasteiger partial charge in [-0.1, -0.05) is 30.9 Å². The minimum atomic E-state index is -0.275. The van der Waals surface area contributed by atoms with Gasteiger partial charge >= 0.3 is 0 Å². The zero-order valence-corrected chi connectivity index (χ0v) is 17.0. The van der Waals surface area contributed by atoms with Gasteiger partial charge in [0, 0.05) is 24.4 Å². The maximum atomic E-state index is 13.1. The highest BCUT2D eigenvalue weighted by Crippen LogP contribution is 2.29. The van der Waals surface area contributed by atoms with Crippen molar-refractivity contribution in [1.82, 2.24) is 29.7 Å². The molecule has 4 heterocycles. The predicted octanol–water partition coefficient (Wildman–Crippen LogP) is 3.28. The SMILES string of the molecule is C=Cc1ccccc1-n1nc(C2CCNCC2)cc1NC(=O)c1cnn2cccnc12. The van der Waals surface area contributed by atoms with Crippen LogP contribution in [-0.2, 0) is 0 Å². The Balaban J connectivity index is 1.55. The molecule has 3 aromatic heterocycles. The van der Waals surface area contributed by atoms with Crippen LogP contribution in [0.3, 0.4) is 0 Å². The van der Waals surface area contributed by atoms with Gasteiger partial charge in [-0.25, -0.2) is 14.2 Å². The summed E-state index contributed by atoms with van der Waals surface area (Å²) in [6.07, 6.45) is 8.77. The summed E-state index contributed by atoms with van der Waals surface area (Å²) in [7, 11) is 0. The molecule has 5 rings (SSSR count). The fourth-order valence-electron chi connectivity index (χ4n) is 4.01. The van der Waals surface area contributed by atoms with Crippen molar-refractivity contribution in [2.24, 2.45) is 0 Å². The van der Waals surface area contributed by atoms with Gasteiger partial charge in [0.1, 0.15) is 11.4 Å². The van der Waals surface area contributed by atoms with Crippen LogP contribution in [0.25, 0.3) is 17.4 Å². The summed E-state index contributed by atoms with van der Waals surface area (Å²) in [5, 5.41) is 15.5. The van der Waals surface area contributed by atoms with Crippen molar-refractivity contribution < 1.29 is 4.79 Å². The monoisotopic (exact) mass is 413 g/mol. The first kappa shape index (κ1) is 19.2. The first-order chi connectivity index (χ1) is 15.2. The molecule has 156 valence electrons. The van der Waals surface area contributed by atoms with Crippen LogP contribution < -0.4 is 10.6 Å². The van der Waals surface area contributed by atoms with Crippen LogP contribution in [-0.4, -0.2) is 43.4 Å². The molecule has 0 spiro atoms. The number of anilines is 1. The molecule has 1 saturated heterocycles. The number of nitrogens with zero attached hydrogens (tertiary/aromatic N) is 5. The molecule has 8 nitrogen and oxygen atoms in total. The third-order valence-electron chi connectivity index (χ3n) is 5.64. The van der Waals surface area contributed by atoms with Gasteiger partial charge < -0.3 is 10.6 Å². The van der Waals surface area contributed by atoms with Crippen LogP contribution in [0.4, 0.5) is 5.82 Å². The van der Waals surface area contributed by atoms with E-state index in [0.29, 0.717) is 22.9 Å². The Morgan fingerprint density at radius 2 is 2.06 bits per heavy atom. The fraction of sp³-hybridized carbons (Fsp3) is 0.217. The van der Waals surface area contributed by atoms with E-state index < -0.39 is 0 Å². The lowest BCUT2D eigenvalue weighted by atomic mass is 9.95. The molecular weight excluding hydrogens is 390 g/mol. The number of carbonyl (C=O) groups excluding carboxylic acids is 1. The van der Waals surface area contributed by atoms with Crippen molar-refractivity contribution >= 4 is 23.4 Å². The number of fused-ring (bicyclic) bond motifs is 1. The number of amides is 1. The van der Waals surface area contributed by atoms with Crippen molar-refractivity contribution in [1.29, 1.82) is 0 Å². The molecule has 1 fully saturated rings. The molecule has 0 atom stereocenters. The Morgan fingerprint density at radius 3 is 2.90 bits per heavy atom. The van der Waals surface area contributed by atoms with Crippen molar-refractivity contribution in [3.05, 3.63) is 78.4 Å². The number of hydrogen-bond donors (Lipinski definition) is 2. The van der Waals surface area contributed by atoms with Gasteiger partial charge in [0.15, 0.2) is 5.65 Å². The number of rotatable bonds is 5. The summed E-state index contributed by atoms with van der Waals surface area (Å²) >= 11 is 0. The van der Waals surface area contributed by atoms with E-state index in [4.69, 9.17) is 5.10 Å². The van der Waals surface area contributed by atoms with Gasteiger partial charge in [-0.15, -0.1) is 0 Å². The molecular formula is C23H23N7O. The Kier molecular flexibility index (Phi) is 5.05. The second-order valence-electron chi connectivity index (χ2n) is 7.55. The molecule has 2 N–H and O–H groups in total. The minimum absolute atomic E-state index is 0.275. The number of benzene rings is 1. The van der Waals surface area contributed by atoms with E-state index in [1.807, 2.05) is 30.3 Å². The Labute approximate surface area is 179 Å². The standard InChI is InChI=1S/C23H23N7O/c1-2-16-6-3-4-7-20(16)30-21(14-19(28-30)17-8-11-24-12-9-17)27-23(31)18-15-26-29-13-5-10-25-22(18)29/h2-7,10,13-15,17,24H,1,8-9,11-12H2,(H,27,31). The molecule has 0 saturated carbocycles. The average Bonchev–Trinajstić information content (AvgIpc) is 3.44. The van der Waals surface area contributed by atoms with Gasteiger partial charge in [0.25, 0.3) is 5.91 Å². The summed E-state index contributed by atoms with van der Waals surface area (Å²) in [4.78, 5) is 17.4. The molecule has 1 aliphatic rings. The highest BCUT2D eigenvalue weighted by molar-refractivity contribution is 6.07. The number of aromatic nitrogens is 5. The molecule has 0 unspecified atom stereocenters. The van der Waals surface area contributed by atoms with Crippen molar-refractivity contribution in [2.45, 2.75) is 18.8 Å². The quantitative estimate of drug-likeness (QED) is 0.524. The van der Waals surface area contributed by atoms with Crippen molar-refractivity contribution in [3.8, 4) is 5.69 Å². The lowest BCUT2D eigenvalue weighted by Gasteiger charge is -2.20. The van der Waals surface area contributed by atoms with E-state index in [9.17, 15) is 4.79 Å². The topological polar surface area (TPSA) is 89.1 Å². The first-order valence-corrected chi connectivity index (χ1v) is 10.4. The van der Waals surface area contributed by atoms with E-state index >= 15 is 0 Å². The first-order valence-electron chi connectivity index (χ1n) is 10.4. The Morgan fingerprint density at radius 1 is 1.23 bits per heavy atom. The molecule has 31 heavy (non-hydrogen) atoms. The van der Waals surface area contributed by atoms with Crippen LogP contribution in [0, 0.1) is 0 Å². The number of nitrogens with one attached hydrogen (secondary N) is 2. The van der Waals surface area contributed by atoms with Gasteiger partial charge in [0.2, 0.25) is 0 Å². The lowest BCUT2D eigenvalue weighted by Crippen LogP contribution is -2.26. The third-order valence-corrected chi connectivity index (χ3v) is 5.64. The second-order valence-corrected chi connectivity index (χ2v) is 7.55. The highest BCUT2D eigenvalue weighted by Gasteiger charge is 2.23. The number of carbonyl (C=O) groups is 1. The Hall–Kier alpha value is -3.78. The van der Waals surface area contributed by atoms with Crippen LogP contribution in [0.2, 0.25) is 0 Å². The highest BCUT2D eigenvalue weighted by atomic mass is 16.1. The second kappa shape index (κ2) is 8.16. The number of piperidine rings is 1. The average molecular weight is 413 g/mol. The maximum Gasteiger partial charge on any atom is 0.262 e. The third kappa shape index (κ3) is 3.62. The van der Waals surface area contributed by atoms with E-state index in [-0.39, 0.29) is 5.91 Å². The van der Waals surface area contributed by atoms with Gasteiger partial charge in [-0.3, -0.25) is 4.79 Å². The molecule has 0 radical (unpaired) electrons.